The first kappa shape index (κ1) is 18.0. The maximum Gasteiger partial charge on any atom is 1.00 e. The van der Waals surface area contributed by atoms with Gasteiger partial charge in [-0.2, -0.15) is 5.01 Å². The third kappa shape index (κ3) is 6.23. The van der Waals surface area contributed by atoms with E-state index in [-0.39, 0.29) is 42.0 Å². The third-order valence-corrected chi connectivity index (χ3v) is 1.56. The van der Waals surface area contributed by atoms with Gasteiger partial charge in [0, 0.05) is 5.88 Å². The Morgan fingerprint density at radius 1 is 1.56 bits per heavy atom. The van der Waals surface area contributed by atoms with Gasteiger partial charge in [-0.05, 0) is 0 Å². The van der Waals surface area contributed by atoms with Crippen molar-refractivity contribution in [2.45, 2.75) is 6.04 Å². The summed E-state index contributed by atoms with van der Waals surface area (Å²) in [5.41, 5.74) is 0. The summed E-state index contributed by atoms with van der Waals surface area (Å²) in [4.78, 5) is 31.5. The van der Waals surface area contributed by atoms with E-state index in [9.17, 15) is 19.6 Å². The van der Waals surface area contributed by atoms with Crippen molar-refractivity contribution >= 4 is 23.6 Å². The van der Waals surface area contributed by atoms with Gasteiger partial charge in [0.25, 0.3) is 0 Å². The van der Waals surface area contributed by atoms with E-state index in [0.29, 0.717) is 5.01 Å². The molecule has 0 aromatic carbocycles. The average molecular weight is 262 g/mol. The van der Waals surface area contributed by atoms with Crippen LogP contribution < -0.4 is 40.0 Å². The molecule has 16 heavy (non-hydrogen) atoms. The van der Waals surface area contributed by atoms with Gasteiger partial charge in [0.1, 0.15) is 0 Å². The zero-order valence-electron chi connectivity index (χ0n) is 8.55. The smallest absolute Gasteiger partial charge is 0.548 e. The second-order valence-corrected chi connectivity index (χ2v) is 2.78. The molecular weight excluding hydrogens is 253 g/mol. The molecule has 0 saturated heterocycles. The fourth-order valence-electron chi connectivity index (χ4n) is 0.662. The number of amides is 2. The number of rotatable bonds is 6. The number of nitrogens with one attached hydrogen (secondary N) is 1. The normalized spacial score (nSPS) is 10.9. The molecule has 0 aliphatic rings. The number of urea groups is 1. The Bertz CT molecular complexity index is 254. The zero-order chi connectivity index (χ0) is 11.8. The summed E-state index contributed by atoms with van der Waals surface area (Å²) < 4.78 is 0. The SMILES string of the molecule is O=NN(CCCl)C(=O)N[C@@H](CO)C(=O)[O-].[Na+]. The fraction of sp³-hybridized carbons (Fsp3) is 0.667. The van der Waals surface area contributed by atoms with Crippen LogP contribution in [0.3, 0.4) is 0 Å². The Hall–Kier alpha value is -0.410. The fourth-order valence-corrected chi connectivity index (χ4v) is 0.822. The number of halogens is 1. The predicted molar refractivity (Wildman–Crippen MR) is 47.6 cm³/mol. The number of aliphatic carboxylic acids is 1. The van der Waals surface area contributed by atoms with Crippen LogP contribution in [0, 0.1) is 4.91 Å². The molecule has 0 unspecified atom stereocenters. The monoisotopic (exact) mass is 261 g/mol. The molecule has 2 amide bonds. The molecular formula is C6H9ClN3NaO5. The van der Waals surface area contributed by atoms with Gasteiger partial charge in [-0.3, -0.25) is 0 Å². The number of hydrogen-bond acceptors (Lipinski definition) is 6. The molecule has 0 fully saturated rings. The maximum atomic E-state index is 11.1. The second-order valence-electron chi connectivity index (χ2n) is 2.40. The molecule has 0 heterocycles. The number of carbonyl (C=O) groups is 2. The van der Waals surface area contributed by atoms with Crippen molar-refractivity contribution in [1.29, 1.82) is 0 Å². The molecule has 86 valence electrons. The van der Waals surface area contributed by atoms with Gasteiger partial charge in [-0.1, -0.05) is 0 Å². The topological polar surface area (TPSA) is 122 Å². The summed E-state index contributed by atoms with van der Waals surface area (Å²) in [6, 6.07) is -2.65. The summed E-state index contributed by atoms with van der Waals surface area (Å²) in [5.74, 6) is -1.70. The number of aliphatic hydroxyl groups excluding tert-OH is 1. The number of alkyl halides is 1. The maximum absolute atomic E-state index is 11.1. The van der Waals surface area contributed by atoms with Gasteiger partial charge >= 0.3 is 35.6 Å². The first-order valence-corrected chi connectivity index (χ1v) is 4.39. The predicted octanol–water partition coefficient (Wildman–Crippen LogP) is -4.97. The quantitative estimate of drug-likeness (QED) is 0.215. The molecule has 10 heteroatoms. The van der Waals surface area contributed by atoms with Gasteiger partial charge in [-0.15, -0.1) is 16.5 Å². The minimum Gasteiger partial charge on any atom is -0.548 e. The number of carboxylic acids is 1. The summed E-state index contributed by atoms with van der Waals surface area (Å²) in [6.45, 7) is -1.01. The molecule has 0 rings (SSSR count). The molecule has 2 N–H and O–H groups in total. The standard InChI is InChI=1S/C6H10ClN3O5.Na/c7-1-2-10(9-15)6(14)8-4(3-11)5(12)13;/h4,11H,1-3H2,(H,8,14)(H,12,13);/q;+1/p-1/t4-;/m0./s1. The Balaban J connectivity index is 0. The number of carboxylic acid groups (broad SMARTS) is 1. The van der Waals surface area contributed by atoms with E-state index >= 15 is 0 Å². The van der Waals surface area contributed by atoms with Crippen molar-refractivity contribution in [2.24, 2.45) is 5.29 Å². The van der Waals surface area contributed by atoms with Gasteiger partial charge in [-0.25, -0.2) is 4.79 Å². The molecule has 8 nitrogen and oxygen atoms in total. The van der Waals surface area contributed by atoms with E-state index in [4.69, 9.17) is 16.7 Å². The third-order valence-electron chi connectivity index (χ3n) is 1.39. The minimum absolute atomic E-state index is 0. The molecule has 0 aromatic rings. The number of hydrogen-bond donors (Lipinski definition) is 2. The summed E-state index contributed by atoms with van der Waals surface area (Å²) in [7, 11) is 0. The molecule has 0 aliphatic heterocycles. The van der Waals surface area contributed by atoms with Crippen molar-refractivity contribution in [3.63, 3.8) is 0 Å². The van der Waals surface area contributed by atoms with Gasteiger partial charge in [0.05, 0.1) is 30.4 Å². The molecule has 0 bridgehead atoms. The van der Waals surface area contributed by atoms with Crippen molar-refractivity contribution in [2.75, 3.05) is 19.0 Å². The van der Waals surface area contributed by atoms with Crippen LogP contribution >= 0.6 is 11.6 Å². The largest absolute Gasteiger partial charge is 1.00 e. The summed E-state index contributed by atoms with van der Waals surface area (Å²) in [5, 5.41) is 23.4. The number of carbonyl (C=O) groups excluding carboxylic acids is 2. The van der Waals surface area contributed by atoms with Crippen molar-refractivity contribution in [3.05, 3.63) is 4.91 Å². The Labute approximate surface area is 118 Å². The summed E-state index contributed by atoms with van der Waals surface area (Å²) in [6.07, 6.45) is 0. The van der Waals surface area contributed by atoms with Crippen LogP contribution in [-0.4, -0.2) is 47.2 Å². The van der Waals surface area contributed by atoms with E-state index in [1.807, 2.05) is 5.32 Å². The first-order valence-electron chi connectivity index (χ1n) is 3.85. The zero-order valence-corrected chi connectivity index (χ0v) is 11.3. The van der Waals surface area contributed by atoms with E-state index < -0.39 is 24.6 Å². The molecule has 1 atom stereocenters. The molecule has 0 aromatic heterocycles. The van der Waals surface area contributed by atoms with Crippen LogP contribution in [0.1, 0.15) is 0 Å². The van der Waals surface area contributed by atoms with Crippen LogP contribution in [0.25, 0.3) is 0 Å². The van der Waals surface area contributed by atoms with Crippen molar-refractivity contribution in [3.8, 4) is 0 Å². The molecule has 0 saturated carbocycles. The summed E-state index contributed by atoms with van der Waals surface area (Å²) >= 11 is 5.25. The molecule has 0 radical (unpaired) electrons. The van der Waals surface area contributed by atoms with Gasteiger partial charge in [0.2, 0.25) is 0 Å². The van der Waals surface area contributed by atoms with Crippen LogP contribution in [0.5, 0.6) is 0 Å². The van der Waals surface area contributed by atoms with Gasteiger partial charge < -0.3 is 20.3 Å². The van der Waals surface area contributed by atoms with Crippen molar-refractivity contribution in [1.82, 2.24) is 10.3 Å². The van der Waals surface area contributed by atoms with E-state index in [1.54, 1.807) is 0 Å². The Morgan fingerprint density at radius 3 is 2.44 bits per heavy atom. The second kappa shape index (κ2) is 9.79. The number of nitrogens with zero attached hydrogens (tertiary/aromatic N) is 2. The van der Waals surface area contributed by atoms with Crippen LogP contribution in [-0.2, 0) is 4.79 Å². The first-order chi connectivity index (χ1) is 7.06. The molecule has 0 aliphatic carbocycles. The van der Waals surface area contributed by atoms with Crippen LogP contribution in [0.15, 0.2) is 5.29 Å². The van der Waals surface area contributed by atoms with E-state index in [0.717, 1.165) is 0 Å². The number of nitroso groups, excluding NO2 is 1. The van der Waals surface area contributed by atoms with Crippen LogP contribution in [0.4, 0.5) is 4.79 Å². The minimum atomic E-state index is -1.66. The van der Waals surface area contributed by atoms with Gasteiger partial charge in [0.15, 0.2) is 0 Å². The number of aliphatic hydroxyl groups is 1. The van der Waals surface area contributed by atoms with Crippen LogP contribution in [0.2, 0.25) is 0 Å². The molecule has 0 spiro atoms. The van der Waals surface area contributed by atoms with E-state index in [2.05, 4.69) is 5.29 Å². The average Bonchev–Trinajstić information content (AvgIpc) is 2.21. The Kier molecular flexibility index (Phi) is 11.0. The van der Waals surface area contributed by atoms with E-state index in [1.165, 1.54) is 0 Å². The Morgan fingerprint density at radius 2 is 2.12 bits per heavy atom. The van der Waals surface area contributed by atoms with Crippen molar-refractivity contribution < 1.29 is 49.4 Å².